The van der Waals surface area contributed by atoms with Gasteiger partial charge in [-0.2, -0.15) is 23.1 Å². The molecule has 0 saturated heterocycles. The predicted molar refractivity (Wildman–Crippen MR) is 126 cm³/mol. The van der Waals surface area contributed by atoms with Crippen LogP contribution in [0.15, 0.2) is 55.0 Å². The maximum absolute atomic E-state index is 13.8. The van der Waals surface area contributed by atoms with Gasteiger partial charge in [-0.15, -0.1) is 0 Å². The Balaban J connectivity index is 0.00000272. The van der Waals surface area contributed by atoms with Crippen LogP contribution in [0, 0.1) is 5.82 Å². The van der Waals surface area contributed by atoms with Gasteiger partial charge in [-0.1, -0.05) is 26.0 Å². The molecule has 6 nitrogen and oxygen atoms in total. The average Bonchev–Trinajstić information content (AvgIpc) is 3.14. The number of anilines is 1. The number of aromatic hydroxyl groups is 1. The summed E-state index contributed by atoms with van der Waals surface area (Å²) in [4.78, 5) is 8.72. The lowest BCUT2D eigenvalue weighted by Gasteiger charge is -2.17. The molecule has 0 saturated carbocycles. The summed E-state index contributed by atoms with van der Waals surface area (Å²) in [6.45, 7) is 6.26. The largest absolute Gasteiger partial charge is 0.508 e. The summed E-state index contributed by atoms with van der Waals surface area (Å²) in [6.07, 6.45) is 5.38. The molecule has 3 aromatic heterocycles. The van der Waals surface area contributed by atoms with Crippen molar-refractivity contribution >= 4 is 25.0 Å². The molecule has 4 aromatic rings. The fourth-order valence-corrected chi connectivity index (χ4v) is 3.48. The Bertz CT molecular complexity index is 1180. The van der Waals surface area contributed by atoms with E-state index in [0.29, 0.717) is 11.3 Å². The molecule has 31 heavy (non-hydrogen) atoms. The molecule has 0 amide bonds. The molecule has 0 bridgehead atoms. The highest BCUT2D eigenvalue weighted by atomic mass is 32.1. The molecular formula is C23H26FN5OS. The first-order valence-corrected chi connectivity index (χ1v) is 9.94. The summed E-state index contributed by atoms with van der Waals surface area (Å²) in [5.74, 6) is 0.874. The molecule has 0 aliphatic carbocycles. The van der Waals surface area contributed by atoms with Crippen molar-refractivity contribution in [1.29, 1.82) is 0 Å². The number of phenols is 1. The van der Waals surface area contributed by atoms with Crippen LogP contribution in [-0.2, 0) is 6.42 Å². The monoisotopic (exact) mass is 439 g/mol. The maximum Gasteiger partial charge on any atom is 0.161 e. The zero-order valence-electron chi connectivity index (χ0n) is 17.7. The zero-order valence-corrected chi connectivity index (χ0v) is 18.7. The Morgan fingerprint density at radius 3 is 2.48 bits per heavy atom. The molecule has 0 spiro atoms. The van der Waals surface area contributed by atoms with Crippen LogP contribution in [-0.4, -0.2) is 30.7 Å². The minimum Gasteiger partial charge on any atom is -0.508 e. The van der Waals surface area contributed by atoms with Crippen LogP contribution in [0.5, 0.6) is 5.75 Å². The normalized spacial score (nSPS) is 12.0. The molecule has 0 aliphatic heterocycles. The minimum absolute atomic E-state index is 0. The lowest BCUT2D eigenvalue weighted by atomic mass is 10.1. The third-order valence-corrected chi connectivity index (χ3v) is 4.99. The molecule has 0 fully saturated rings. The van der Waals surface area contributed by atoms with Crippen molar-refractivity contribution < 1.29 is 9.50 Å². The van der Waals surface area contributed by atoms with Gasteiger partial charge < -0.3 is 10.4 Å². The fourth-order valence-electron chi connectivity index (χ4n) is 3.48. The Morgan fingerprint density at radius 2 is 1.81 bits per heavy atom. The van der Waals surface area contributed by atoms with Crippen LogP contribution in [0.1, 0.15) is 37.8 Å². The van der Waals surface area contributed by atoms with E-state index in [1.165, 1.54) is 12.3 Å². The highest BCUT2D eigenvalue weighted by Crippen LogP contribution is 2.27. The second-order valence-corrected chi connectivity index (χ2v) is 7.82. The highest BCUT2D eigenvalue weighted by molar-refractivity contribution is 7.59. The van der Waals surface area contributed by atoms with E-state index in [1.54, 1.807) is 22.8 Å². The van der Waals surface area contributed by atoms with Gasteiger partial charge in [0.2, 0.25) is 0 Å². The van der Waals surface area contributed by atoms with Crippen LogP contribution < -0.4 is 5.32 Å². The number of pyridine rings is 1. The Morgan fingerprint density at radius 1 is 1.06 bits per heavy atom. The van der Waals surface area contributed by atoms with Gasteiger partial charge in [0.05, 0.1) is 18.1 Å². The number of hydrogen-bond donors (Lipinski definition) is 2. The van der Waals surface area contributed by atoms with Gasteiger partial charge in [-0.25, -0.2) is 9.37 Å². The molecule has 162 valence electrons. The van der Waals surface area contributed by atoms with Crippen molar-refractivity contribution in [3.05, 3.63) is 71.9 Å². The minimum atomic E-state index is -0.401. The van der Waals surface area contributed by atoms with E-state index in [9.17, 15) is 9.50 Å². The van der Waals surface area contributed by atoms with Crippen LogP contribution in [0.3, 0.4) is 0 Å². The smallest absolute Gasteiger partial charge is 0.161 e. The summed E-state index contributed by atoms with van der Waals surface area (Å²) in [5.41, 5.74) is 4.12. The first-order valence-electron chi connectivity index (χ1n) is 9.94. The number of benzene rings is 1. The molecule has 1 atom stereocenters. The van der Waals surface area contributed by atoms with E-state index in [0.717, 1.165) is 29.0 Å². The van der Waals surface area contributed by atoms with Crippen molar-refractivity contribution in [3.63, 3.8) is 0 Å². The second-order valence-electron chi connectivity index (χ2n) is 7.82. The fraction of sp³-hybridized carbons (Fsp3) is 0.261. The molecule has 8 heteroatoms. The number of rotatable bonds is 6. The SMILES string of the molecule is CC(C)c1cnn2c(N[C@@H](C)Cc3ccc(O)cc3)cc(-c3cncc(F)c3)nc12.S. The quantitative estimate of drug-likeness (QED) is 0.446. The molecule has 3 heterocycles. The summed E-state index contributed by atoms with van der Waals surface area (Å²) in [6, 6.07) is 10.6. The van der Waals surface area contributed by atoms with E-state index in [1.807, 2.05) is 24.4 Å². The zero-order chi connectivity index (χ0) is 21.3. The van der Waals surface area contributed by atoms with Gasteiger partial charge in [0, 0.05) is 29.4 Å². The average molecular weight is 440 g/mol. The number of nitrogens with one attached hydrogen (secondary N) is 1. The van der Waals surface area contributed by atoms with Crippen molar-refractivity contribution in [2.45, 2.75) is 39.2 Å². The lowest BCUT2D eigenvalue weighted by Crippen LogP contribution is -2.20. The first-order chi connectivity index (χ1) is 14.4. The van der Waals surface area contributed by atoms with Gasteiger partial charge >= 0.3 is 0 Å². The lowest BCUT2D eigenvalue weighted by molar-refractivity contribution is 0.475. The topological polar surface area (TPSA) is 75.3 Å². The number of hydrogen-bond acceptors (Lipinski definition) is 5. The van der Waals surface area contributed by atoms with Crippen LogP contribution >= 0.6 is 13.5 Å². The Kier molecular flexibility index (Phi) is 6.80. The maximum atomic E-state index is 13.8. The van der Waals surface area contributed by atoms with Gasteiger partial charge in [0.25, 0.3) is 0 Å². The first kappa shape index (κ1) is 22.6. The number of nitrogens with zero attached hydrogens (tertiary/aromatic N) is 4. The van der Waals surface area contributed by atoms with Crippen molar-refractivity contribution in [2.75, 3.05) is 5.32 Å². The van der Waals surface area contributed by atoms with E-state index in [2.05, 4.69) is 36.2 Å². The van der Waals surface area contributed by atoms with Crippen molar-refractivity contribution in [3.8, 4) is 17.0 Å². The second kappa shape index (κ2) is 9.34. The van der Waals surface area contributed by atoms with E-state index in [-0.39, 0.29) is 31.2 Å². The van der Waals surface area contributed by atoms with Crippen LogP contribution in [0.4, 0.5) is 10.2 Å². The van der Waals surface area contributed by atoms with Gasteiger partial charge in [0.1, 0.15) is 17.4 Å². The van der Waals surface area contributed by atoms with E-state index in [4.69, 9.17) is 4.98 Å². The van der Waals surface area contributed by atoms with Gasteiger partial charge in [-0.3, -0.25) is 4.98 Å². The number of halogens is 1. The van der Waals surface area contributed by atoms with Crippen LogP contribution in [0.25, 0.3) is 16.9 Å². The van der Waals surface area contributed by atoms with E-state index < -0.39 is 5.82 Å². The third kappa shape index (κ3) is 4.96. The van der Waals surface area contributed by atoms with Crippen molar-refractivity contribution in [2.24, 2.45) is 0 Å². The molecule has 2 N–H and O–H groups in total. The van der Waals surface area contributed by atoms with Crippen molar-refractivity contribution in [1.82, 2.24) is 19.6 Å². The summed E-state index contributed by atoms with van der Waals surface area (Å²) >= 11 is 0. The number of phenolic OH excluding ortho intramolecular Hbond substituents is 1. The Hall–Kier alpha value is -3.13. The standard InChI is InChI=1S/C23H24FN5O.H2S/c1-14(2)20-13-26-29-22(27-15(3)8-16-4-6-19(30)7-5-16)10-21(28-23(20)29)17-9-18(24)12-25-11-17;/h4-7,9-15,27,30H,8H2,1-3H3;1H2/t15-;/m0./s1. The van der Waals surface area contributed by atoms with Gasteiger partial charge in [0.15, 0.2) is 5.65 Å². The number of aromatic nitrogens is 4. The van der Waals surface area contributed by atoms with E-state index >= 15 is 0 Å². The predicted octanol–water partition coefficient (Wildman–Crippen LogP) is 4.92. The molecule has 4 rings (SSSR count). The van der Waals surface area contributed by atoms with Gasteiger partial charge in [-0.05, 0) is 43.0 Å². The molecule has 0 unspecified atom stereocenters. The third-order valence-electron chi connectivity index (χ3n) is 4.99. The summed E-state index contributed by atoms with van der Waals surface area (Å²) in [7, 11) is 0. The molecule has 0 radical (unpaired) electrons. The summed E-state index contributed by atoms with van der Waals surface area (Å²) in [5, 5.41) is 17.5. The molecule has 0 aliphatic rings. The van der Waals surface area contributed by atoms with Crippen LogP contribution in [0.2, 0.25) is 0 Å². The molecular weight excluding hydrogens is 413 g/mol. The Labute approximate surface area is 187 Å². The highest BCUT2D eigenvalue weighted by Gasteiger charge is 2.16. The molecule has 1 aromatic carbocycles. The number of fused-ring (bicyclic) bond motifs is 1. The summed E-state index contributed by atoms with van der Waals surface area (Å²) < 4.78 is 15.5.